The van der Waals surface area contributed by atoms with Gasteiger partial charge in [0.2, 0.25) is 0 Å². The number of aromatic carboxylic acids is 1. The third-order valence-corrected chi connectivity index (χ3v) is 2.52. The molecule has 0 aliphatic heterocycles. The molecule has 0 fully saturated rings. The van der Waals surface area contributed by atoms with Crippen molar-refractivity contribution in [1.82, 2.24) is 9.97 Å². The molecule has 92 valence electrons. The second-order valence-corrected chi connectivity index (χ2v) is 3.88. The lowest BCUT2D eigenvalue weighted by atomic mass is 10.1. The van der Waals surface area contributed by atoms with Gasteiger partial charge in [0.15, 0.2) is 0 Å². The zero-order valence-corrected chi connectivity index (χ0v) is 9.87. The monoisotopic (exact) mass is 243 g/mol. The summed E-state index contributed by atoms with van der Waals surface area (Å²) in [6, 6.07) is 6.63. The van der Waals surface area contributed by atoms with Gasteiger partial charge in [-0.25, -0.2) is 4.79 Å². The summed E-state index contributed by atoms with van der Waals surface area (Å²) >= 11 is 0. The van der Waals surface area contributed by atoms with Gasteiger partial charge in [0.05, 0.1) is 23.5 Å². The van der Waals surface area contributed by atoms with E-state index in [2.05, 4.69) is 15.3 Å². The minimum atomic E-state index is -0.939. The van der Waals surface area contributed by atoms with E-state index in [0.717, 1.165) is 11.4 Å². The van der Waals surface area contributed by atoms with E-state index in [9.17, 15) is 4.79 Å². The SMILES string of the molecule is CC(Nc1cccc(C(=O)O)c1)c1cnccn1. The number of nitrogens with one attached hydrogen (secondary N) is 1. The molecule has 0 saturated heterocycles. The highest BCUT2D eigenvalue weighted by Gasteiger charge is 2.08. The van der Waals surface area contributed by atoms with Crippen molar-refractivity contribution in [3.05, 3.63) is 54.1 Å². The molecule has 1 atom stereocenters. The van der Waals surface area contributed by atoms with Crippen LogP contribution in [0.4, 0.5) is 5.69 Å². The van der Waals surface area contributed by atoms with Gasteiger partial charge in [0.1, 0.15) is 0 Å². The number of carboxylic acid groups (broad SMARTS) is 1. The summed E-state index contributed by atoms with van der Waals surface area (Å²) in [5.41, 5.74) is 1.80. The average Bonchev–Trinajstić information content (AvgIpc) is 2.40. The molecule has 2 rings (SSSR count). The van der Waals surface area contributed by atoms with Crippen molar-refractivity contribution >= 4 is 11.7 Å². The van der Waals surface area contributed by atoms with Crippen LogP contribution in [-0.4, -0.2) is 21.0 Å². The van der Waals surface area contributed by atoms with Crippen LogP contribution in [0.5, 0.6) is 0 Å². The van der Waals surface area contributed by atoms with Crippen molar-refractivity contribution in [3.8, 4) is 0 Å². The van der Waals surface area contributed by atoms with Crippen LogP contribution in [0.15, 0.2) is 42.9 Å². The fourth-order valence-electron chi connectivity index (χ4n) is 1.60. The minimum absolute atomic E-state index is 0.0391. The average molecular weight is 243 g/mol. The first kappa shape index (κ1) is 12.0. The Morgan fingerprint density at radius 2 is 2.22 bits per heavy atom. The van der Waals surface area contributed by atoms with E-state index in [1.54, 1.807) is 36.8 Å². The molecule has 0 radical (unpaired) electrons. The standard InChI is InChI=1S/C13H13N3O2/c1-9(12-8-14-5-6-15-12)16-11-4-2-3-10(7-11)13(17)18/h2-9,16H,1H3,(H,17,18). The Kier molecular flexibility index (Phi) is 3.52. The van der Waals surface area contributed by atoms with Gasteiger partial charge in [-0.15, -0.1) is 0 Å². The van der Waals surface area contributed by atoms with Crippen LogP contribution >= 0.6 is 0 Å². The Bertz CT molecular complexity index is 543. The molecular weight excluding hydrogens is 230 g/mol. The molecule has 0 saturated carbocycles. The Balaban J connectivity index is 2.14. The van der Waals surface area contributed by atoms with Crippen molar-refractivity contribution in [2.24, 2.45) is 0 Å². The Morgan fingerprint density at radius 3 is 2.89 bits per heavy atom. The highest BCUT2D eigenvalue weighted by atomic mass is 16.4. The highest BCUT2D eigenvalue weighted by Crippen LogP contribution is 2.17. The van der Waals surface area contributed by atoms with Gasteiger partial charge in [-0.3, -0.25) is 9.97 Å². The number of hydrogen-bond acceptors (Lipinski definition) is 4. The number of benzene rings is 1. The predicted octanol–water partition coefficient (Wildman–Crippen LogP) is 2.35. The number of nitrogens with zero attached hydrogens (tertiary/aromatic N) is 2. The van der Waals surface area contributed by atoms with E-state index in [0.29, 0.717) is 0 Å². The molecule has 5 nitrogen and oxygen atoms in total. The Hall–Kier alpha value is -2.43. The molecule has 0 amide bonds. The number of carbonyl (C=O) groups is 1. The van der Waals surface area contributed by atoms with Crippen LogP contribution in [0.25, 0.3) is 0 Å². The summed E-state index contributed by atoms with van der Waals surface area (Å²) < 4.78 is 0. The van der Waals surface area contributed by atoms with Gasteiger partial charge < -0.3 is 10.4 Å². The fourth-order valence-corrected chi connectivity index (χ4v) is 1.60. The van der Waals surface area contributed by atoms with Gasteiger partial charge in [-0.2, -0.15) is 0 Å². The van der Waals surface area contributed by atoms with Crippen molar-refractivity contribution in [2.75, 3.05) is 5.32 Å². The highest BCUT2D eigenvalue weighted by molar-refractivity contribution is 5.88. The Labute approximate surface area is 105 Å². The zero-order valence-electron chi connectivity index (χ0n) is 9.87. The molecule has 1 unspecified atom stereocenters. The van der Waals surface area contributed by atoms with Crippen molar-refractivity contribution in [3.63, 3.8) is 0 Å². The summed E-state index contributed by atoms with van der Waals surface area (Å²) in [6.07, 6.45) is 4.92. The summed E-state index contributed by atoms with van der Waals surface area (Å²) in [6.45, 7) is 1.94. The molecule has 1 aromatic carbocycles. The Morgan fingerprint density at radius 1 is 1.39 bits per heavy atom. The number of hydrogen-bond donors (Lipinski definition) is 2. The summed E-state index contributed by atoms with van der Waals surface area (Å²) in [4.78, 5) is 19.0. The van der Waals surface area contributed by atoms with Gasteiger partial charge in [-0.1, -0.05) is 6.07 Å². The lowest BCUT2D eigenvalue weighted by molar-refractivity contribution is 0.0697. The first-order chi connectivity index (χ1) is 8.66. The fraction of sp³-hybridized carbons (Fsp3) is 0.154. The lowest BCUT2D eigenvalue weighted by Crippen LogP contribution is -2.09. The van der Waals surface area contributed by atoms with E-state index >= 15 is 0 Å². The van der Waals surface area contributed by atoms with E-state index in [1.165, 1.54) is 0 Å². The first-order valence-electron chi connectivity index (χ1n) is 5.52. The van der Waals surface area contributed by atoms with Crippen molar-refractivity contribution < 1.29 is 9.90 Å². The van der Waals surface area contributed by atoms with Gasteiger partial charge >= 0.3 is 5.97 Å². The molecule has 0 aliphatic rings. The van der Waals surface area contributed by atoms with E-state index in [4.69, 9.17) is 5.11 Å². The van der Waals surface area contributed by atoms with E-state index in [-0.39, 0.29) is 11.6 Å². The van der Waals surface area contributed by atoms with Gasteiger partial charge in [-0.05, 0) is 25.1 Å². The molecule has 1 aromatic heterocycles. The zero-order chi connectivity index (χ0) is 13.0. The molecular formula is C13H13N3O2. The largest absolute Gasteiger partial charge is 0.478 e. The summed E-state index contributed by atoms with van der Waals surface area (Å²) in [5, 5.41) is 12.1. The quantitative estimate of drug-likeness (QED) is 0.862. The van der Waals surface area contributed by atoms with Gasteiger partial charge in [0, 0.05) is 18.1 Å². The number of rotatable bonds is 4. The van der Waals surface area contributed by atoms with Crippen LogP contribution in [0, 0.1) is 0 Å². The molecule has 2 aromatic rings. The number of carboxylic acids is 1. The topological polar surface area (TPSA) is 75.1 Å². The third-order valence-electron chi connectivity index (χ3n) is 2.52. The maximum absolute atomic E-state index is 10.9. The molecule has 0 bridgehead atoms. The molecule has 2 N–H and O–H groups in total. The van der Waals surface area contributed by atoms with Crippen LogP contribution < -0.4 is 5.32 Å². The minimum Gasteiger partial charge on any atom is -0.478 e. The lowest BCUT2D eigenvalue weighted by Gasteiger charge is -2.14. The maximum atomic E-state index is 10.9. The summed E-state index contributed by atoms with van der Waals surface area (Å²) in [7, 11) is 0. The van der Waals surface area contributed by atoms with Crippen molar-refractivity contribution in [1.29, 1.82) is 0 Å². The maximum Gasteiger partial charge on any atom is 0.335 e. The molecule has 5 heteroatoms. The molecule has 0 spiro atoms. The number of anilines is 1. The van der Waals surface area contributed by atoms with Crippen LogP contribution in [0.2, 0.25) is 0 Å². The van der Waals surface area contributed by atoms with E-state index in [1.807, 2.05) is 13.0 Å². The smallest absolute Gasteiger partial charge is 0.335 e. The molecule has 18 heavy (non-hydrogen) atoms. The molecule has 0 aliphatic carbocycles. The molecule has 1 heterocycles. The second-order valence-electron chi connectivity index (χ2n) is 3.88. The summed E-state index contributed by atoms with van der Waals surface area (Å²) in [5.74, 6) is -0.939. The van der Waals surface area contributed by atoms with Crippen LogP contribution in [-0.2, 0) is 0 Å². The van der Waals surface area contributed by atoms with Crippen LogP contribution in [0.1, 0.15) is 29.0 Å². The normalized spacial score (nSPS) is 11.8. The van der Waals surface area contributed by atoms with Crippen LogP contribution in [0.3, 0.4) is 0 Å². The van der Waals surface area contributed by atoms with E-state index < -0.39 is 5.97 Å². The second kappa shape index (κ2) is 5.27. The van der Waals surface area contributed by atoms with Crippen molar-refractivity contribution in [2.45, 2.75) is 13.0 Å². The predicted molar refractivity (Wildman–Crippen MR) is 67.5 cm³/mol. The first-order valence-corrected chi connectivity index (χ1v) is 5.52. The third kappa shape index (κ3) is 2.82. The number of aromatic nitrogens is 2. The van der Waals surface area contributed by atoms with Gasteiger partial charge in [0.25, 0.3) is 0 Å².